The average molecular weight is 376 g/mol. The van der Waals surface area contributed by atoms with Gasteiger partial charge in [-0.25, -0.2) is 10.2 Å². The van der Waals surface area contributed by atoms with E-state index in [1.165, 1.54) is 6.21 Å². The van der Waals surface area contributed by atoms with E-state index in [4.69, 9.17) is 26.8 Å². The largest absolute Gasteiger partial charge is 0.493 e. The van der Waals surface area contributed by atoms with E-state index in [0.717, 1.165) is 16.9 Å². The Morgan fingerprint density at radius 3 is 2.62 bits per heavy atom. The summed E-state index contributed by atoms with van der Waals surface area (Å²) in [5, 5.41) is 4.27. The van der Waals surface area contributed by atoms with Gasteiger partial charge in [0.2, 0.25) is 0 Å². The fourth-order valence-electron chi connectivity index (χ4n) is 2.20. The number of amides is 2. The molecule has 0 heterocycles. The molecule has 0 aromatic heterocycles. The number of halogens is 1. The summed E-state index contributed by atoms with van der Waals surface area (Å²) >= 11 is 5.99. The third kappa shape index (κ3) is 6.29. The lowest BCUT2D eigenvalue weighted by atomic mass is 10.1. The fourth-order valence-corrected chi connectivity index (χ4v) is 2.38. The van der Waals surface area contributed by atoms with E-state index in [1.54, 1.807) is 18.2 Å². The molecule has 2 aromatic carbocycles. The van der Waals surface area contributed by atoms with Crippen molar-refractivity contribution < 1.29 is 14.3 Å². The molecular formula is C19H22ClN3O3. The summed E-state index contributed by atoms with van der Waals surface area (Å²) in [7, 11) is 0. The molecule has 0 saturated heterocycles. The van der Waals surface area contributed by atoms with Gasteiger partial charge in [-0.1, -0.05) is 23.7 Å². The highest BCUT2D eigenvalue weighted by molar-refractivity contribution is 6.30. The van der Waals surface area contributed by atoms with Crippen LogP contribution >= 0.6 is 11.6 Å². The van der Waals surface area contributed by atoms with Crippen LogP contribution in [0.2, 0.25) is 5.02 Å². The molecule has 0 unspecified atom stereocenters. The standard InChI is InChI=1S/C19H22ClN3O3/c1-13-4-5-14(2)18(10-13)26-9-3-8-25-17-7-6-16(20)11-15(17)12-22-23-19(21)24/h4-7,10-12H,3,8-9H2,1-2H3,(H3,21,23,24). The third-order valence-corrected chi connectivity index (χ3v) is 3.73. The molecule has 0 atom stereocenters. The first-order valence-corrected chi connectivity index (χ1v) is 8.54. The summed E-state index contributed by atoms with van der Waals surface area (Å²) in [5.41, 5.74) is 10.0. The Hall–Kier alpha value is -2.73. The van der Waals surface area contributed by atoms with Crippen molar-refractivity contribution in [2.24, 2.45) is 10.8 Å². The summed E-state index contributed by atoms with van der Waals surface area (Å²) in [5.74, 6) is 1.50. The van der Waals surface area contributed by atoms with Crippen molar-refractivity contribution >= 4 is 23.8 Å². The number of carbonyl (C=O) groups excluding carboxylic acids is 1. The van der Waals surface area contributed by atoms with Gasteiger partial charge in [0.25, 0.3) is 0 Å². The molecule has 0 fully saturated rings. The van der Waals surface area contributed by atoms with Gasteiger partial charge in [0.1, 0.15) is 11.5 Å². The molecule has 2 amide bonds. The van der Waals surface area contributed by atoms with Gasteiger partial charge >= 0.3 is 6.03 Å². The Bertz CT molecular complexity index is 794. The molecule has 2 aromatic rings. The Morgan fingerprint density at radius 1 is 1.15 bits per heavy atom. The lowest BCUT2D eigenvalue weighted by Crippen LogP contribution is -2.24. The fraction of sp³-hybridized carbons (Fsp3) is 0.263. The molecule has 0 aliphatic carbocycles. The molecule has 3 N–H and O–H groups in total. The minimum absolute atomic E-state index is 0.469. The Labute approximate surface area is 157 Å². The van der Waals surface area contributed by atoms with Gasteiger partial charge in [-0.15, -0.1) is 0 Å². The summed E-state index contributed by atoms with van der Waals surface area (Å²) in [4.78, 5) is 10.7. The summed E-state index contributed by atoms with van der Waals surface area (Å²) in [6.07, 6.45) is 2.14. The zero-order valence-corrected chi connectivity index (χ0v) is 15.5. The minimum atomic E-state index is -0.741. The van der Waals surface area contributed by atoms with Crippen molar-refractivity contribution in [1.82, 2.24) is 5.43 Å². The number of nitrogens with zero attached hydrogens (tertiary/aromatic N) is 1. The van der Waals surface area contributed by atoms with Crippen LogP contribution in [0.15, 0.2) is 41.5 Å². The number of aryl methyl sites for hydroxylation is 2. The number of primary amides is 1. The maximum Gasteiger partial charge on any atom is 0.332 e. The van der Waals surface area contributed by atoms with E-state index in [9.17, 15) is 4.79 Å². The molecular weight excluding hydrogens is 354 g/mol. The molecule has 0 radical (unpaired) electrons. The van der Waals surface area contributed by atoms with Crippen molar-refractivity contribution in [3.8, 4) is 11.5 Å². The highest BCUT2D eigenvalue weighted by Gasteiger charge is 2.04. The van der Waals surface area contributed by atoms with Crippen LogP contribution in [0.4, 0.5) is 4.79 Å². The second-order valence-corrected chi connectivity index (χ2v) is 6.17. The molecule has 0 saturated carbocycles. The number of nitrogens with one attached hydrogen (secondary N) is 1. The highest BCUT2D eigenvalue weighted by atomic mass is 35.5. The number of benzene rings is 2. The number of carbonyl (C=O) groups is 1. The van der Waals surface area contributed by atoms with Crippen molar-refractivity contribution in [2.45, 2.75) is 20.3 Å². The maximum absolute atomic E-state index is 10.7. The molecule has 26 heavy (non-hydrogen) atoms. The predicted molar refractivity (Wildman–Crippen MR) is 103 cm³/mol. The number of nitrogens with two attached hydrogens (primary N) is 1. The van der Waals surface area contributed by atoms with Crippen LogP contribution in [0.5, 0.6) is 11.5 Å². The second-order valence-electron chi connectivity index (χ2n) is 5.74. The number of ether oxygens (including phenoxy) is 2. The molecule has 0 spiro atoms. The van der Waals surface area contributed by atoms with E-state index >= 15 is 0 Å². The van der Waals surface area contributed by atoms with Gasteiger partial charge < -0.3 is 15.2 Å². The first-order chi connectivity index (χ1) is 12.5. The van der Waals surface area contributed by atoms with Crippen LogP contribution in [0.25, 0.3) is 0 Å². The number of hydrogen-bond acceptors (Lipinski definition) is 4. The van der Waals surface area contributed by atoms with E-state index in [2.05, 4.69) is 16.6 Å². The van der Waals surface area contributed by atoms with Gasteiger partial charge in [0.15, 0.2) is 0 Å². The molecule has 0 aliphatic heterocycles. The van der Waals surface area contributed by atoms with Gasteiger partial charge in [0, 0.05) is 17.0 Å². The highest BCUT2D eigenvalue weighted by Crippen LogP contribution is 2.22. The molecule has 0 aliphatic rings. The Morgan fingerprint density at radius 2 is 1.88 bits per heavy atom. The zero-order chi connectivity index (χ0) is 18.9. The second kappa shape index (κ2) is 9.68. The Kier molecular flexibility index (Phi) is 7.29. The lowest BCUT2D eigenvalue weighted by Gasteiger charge is -2.12. The maximum atomic E-state index is 10.7. The van der Waals surface area contributed by atoms with Crippen molar-refractivity contribution in [3.63, 3.8) is 0 Å². The Balaban J connectivity index is 1.86. The average Bonchev–Trinajstić information content (AvgIpc) is 2.59. The number of urea groups is 1. The molecule has 6 nitrogen and oxygen atoms in total. The molecule has 138 valence electrons. The van der Waals surface area contributed by atoms with E-state index < -0.39 is 6.03 Å². The molecule has 0 bridgehead atoms. The first-order valence-electron chi connectivity index (χ1n) is 8.16. The van der Waals surface area contributed by atoms with Crippen LogP contribution in [-0.2, 0) is 0 Å². The summed E-state index contributed by atoms with van der Waals surface area (Å²) in [6, 6.07) is 10.5. The van der Waals surface area contributed by atoms with E-state index in [1.807, 2.05) is 26.0 Å². The van der Waals surface area contributed by atoms with E-state index in [0.29, 0.717) is 36.0 Å². The lowest BCUT2D eigenvalue weighted by molar-refractivity contribution is 0.246. The van der Waals surface area contributed by atoms with Gasteiger partial charge in [-0.2, -0.15) is 5.10 Å². The quantitative estimate of drug-likeness (QED) is 0.418. The van der Waals surface area contributed by atoms with Crippen molar-refractivity contribution in [3.05, 3.63) is 58.1 Å². The van der Waals surface area contributed by atoms with Gasteiger partial charge in [-0.05, 0) is 49.2 Å². The monoisotopic (exact) mass is 375 g/mol. The number of hydrazone groups is 1. The predicted octanol–water partition coefficient (Wildman–Crippen LogP) is 3.81. The van der Waals surface area contributed by atoms with Gasteiger partial charge in [-0.3, -0.25) is 0 Å². The van der Waals surface area contributed by atoms with Crippen LogP contribution in [-0.4, -0.2) is 25.5 Å². The number of hydrogen-bond donors (Lipinski definition) is 2. The van der Waals surface area contributed by atoms with E-state index in [-0.39, 0.29) is 0 Å². The topological polar surface area (TPSA) is 85.9 Å². The van der Waals surface area contributed by atoms with Crippen LogP contribution in [0.3, 0.4) is 0 Å². The first kappa shape index (κ1) is 19.6. The molecule has 7 heteroatoms. The third-order valence-electron chi connectivity index (χ3n) is 3.50. The van der Waals surface area contributed by atoms with Gasteiger partial charge in [0.05, 0.1) is 19.4 Å². The zero-order valence-electron chi connectivity index (χ0n) is 14.8. The van der Waals surface area contributed by atoms with Crippen molar-refractivity contribution in [1.29, 1.82) is 0 Å². The SMILES string of the molecule is Cc1ccc(C)c(OCCCOc2ccc(Cl)cc2C=NNC(N)=O)c1. The van der Waals surface area contributed by atoms with Crippen LogP contribution in [0.1, 0.15) is 23.1 Å². The summed E-state index contributed by atoms with van der Waals surface area (Å²) < 4.78 is 11.6. The minimum Gasteiger partial charge on any atom is -0.493 e. The van der Waals surface area contributed by atoms with Crippen molar-refractivity contribution in [2.75, 3.05) is 13.2 Å². The van der Waals surface area contributed by atoms with Crippen LogP contribution in [0, 0.1) is 13.8 Å². The number of rotatable bonds is 8. The molecule has 2 rings (SSSR count). The summed E-state index contributed by atoms with van der Waals surface area (Å²) in [6.45, 7) is 5.07. The van der Waals surface area contributed by atoms with Crippen LogP contribution < -0.4 is 20.6 Å². The smallest absolute Gasteiger partial charge is 0.332 e. The normalized spacial score (nSPS) is 10.7.